The van der Waals surface area contributed by atoms with Crippen LogP contribution in [0.4, 0.5) is 5.69 Å². The van der Waals surface area contributed by atoms with Gasteiger partial charge in [-0.2, -0.15) is 4.98 Å². The predicted molar refractivity (Wildman–Crippen MR) is 143 cm³/mol. The molecule has 0 aliphatic carbocycles. The number of aromatic nitrogens is 3. The molecule has 8 nitrogen and oxygen atoms in total. The van der Waals surface area contributed by atoms with E-state index >= 15 is 0 Å². The van der Waals surface area contributed by atoms with E-state index in [2.05, 4.69) is 10.3 Å². The topological polar surface area (TPSA) is 106 Å². The molecule has 2 N–H and O–H groups in total. The van der Waals surface area contributed by atoms with Gasteiger partial charge in [-0.05, 0) is 31.2 Å². The van der Waals surface area contributed by atoms with Crippen molar-refractivity contribution in [1.29, 1.82) is 0 Å². The molecule has 3 heterocycles. The van der Waals surface area contributed by atoms with Gasteiger partial charge in [0.25, 0.3) is 0 Å². The van der Waals surface area contributed by atoms with Gasteiger partial charge >= 0.3 is 0 Å². The lowest BCUT2D eigenvalue weighted by molar-refractivity contribution is -0.113. The van der Waals surface area contributed by atoms with Gasteiger partial charge in [0.05, 0.1) is 47.0 Å². The Bertz CT molecular complexity index is 1500. The number of ether oxygens (including phenoxy) is 2. The predicted octanol–water partition coefficient (Wildman–Crippen LogP) is 5.43. The summed E-state index contributed by atoms with van der Waals surface area (Å²) in [6.07, 6.45) is 2.08. The van der Waals surface area contributed by atoms with Gasteiger partial charge in [-0.25, -0.2) is 4.98 Å². The van der Waals surface area contributed by atoms with E-state index in [1.165, 1.54) is 11.8 Å². The van der Waals surface area contributed by atoms with E-state index in [1.807, 2.05) is 31.2 Å². The van der Waals surface area contributed by atoms with E-state index in [1.54, 1.807) is 37.6 Å². The highest BCUT2D eigenvalue weighted by molar-refractivity contribution is 8.00. The molecule has 37 heavy (non-hydrogen) atoms. The van der Waals surface area contributed by atoms with Crippen LogP contribution in [0.5, 0.6) is 17.4 Å². The molecule has 188 valence electrons. The van der Waals surface area contributed by atoms with Crippen molar-refractivity contribution < 1.29 is 19.4 Å². The van der Waals surface area contributed by atoms with Crippen LogP contribution in [0.2, 0.25) is 5.02 Å². The first-order chi connectivity index (χ1) is 18.0. The summed E-state index contributed by atoms with van der Waals surface area (Å²) < 4.78 is 11.8. The number of aryl methyl sites for hydroxylation is 1. The number of hydrogen-bond acceptors (Lipinski definition) is 8. The molecule has 2 aromatic carbocycles. The van der Waals surface area contributed by atoms with Crippen molar-refractivity contribution >= 4 is 35.0 Å². The summed E-state index contributed by atoms with van der Waals surface area (Å²) in [7, 11) is 1.59. The van der Waals surface area contributed by atoms with E-state index in [-0.39, 0.29) is 18.3 Å². The molecule has 2 aromatic heterocycles. The largest absolute Gasteiger partial charge is 0.496 e. The second-order valence-corrected chi connectivity index (χ2v) is 9.64. The summed E-state index contributed by atoms with van der Waals surface area (Å²) in [5.41, 5.74) is 4.18. The second kappa shape index (κ2) is 10.8. The van der Waals surface area contributed by atoms with Crippen molar-refractivity contribution in [2.45, 2.75) is 25.0 Å². The third-order valence-corrected chi connectivity index (χ3v) is 7.24. The zero-order chi connectivity index (χ0) is 25.9. The van der Waals surface area contributed by atoms with E-state index in [0.29, 0.717) is 62.2 Å². The second-order valence-electron chi connectivity index (χ2n) is 8.27. The fraction of sp³-hybridized carbons (Fsp3) is 0.185. The fourth-order valence-electron chi connectivity index (χ4n) is 4.05. The highest BCUT2D eigenvalue weighted by Gasteiger charge is 2.28. The summed E-state index contributed by atoms with van der Waals surface area (Å²) in [5.74, 6) is 1.87. The molecule has 0 atom stereocenters. The van der Waals surface area contributed by atoms with Crippen molar-refractivity contribution in [3.63, 3.8) is 0 Å². The van der Waals surface area contributed by atoms with Gasteiger partial charge in [0.2, 0.25) is 11.8 Å². The molecule has 1 aliphatic rings. The number of nitrogens with zero attached hydrogens (tertiary/aromatic N) is 3. The minimum absolute atomic E-state index is 0.0924. The molecule has 1 aliphatic heterocycles. The third-order valence-electron chi connectivity index (χ3n) is 5.89. The van der Waals surface area contributed by atoms with Crippen LogP contribution in [-0.4, -0.2) is 38.8 Å². The summed E-state index contributed by atoms with van der Waals surface area (Å²) in [6, 6.07) is 14.5. The molecule has 0 bridgehead atoms. The molecule has 4 aromatic rings. The first kappa shape index (κ1) is 25.0. The number of rotatable bonds is 7. The number of para-hydroxylation sites is 2. The van der Waals surface area contributed by atoms with Crippen LogP contribution in [0.3, 0.4) is 0 Å². The maximum atomic E-state index is 12.8. The Kier molecular flexibility index (Phi) is 7.27. The van der Waals surface area contributed by atoms with Gasteiger partial charge in [-0.15, -0.1) is 0 Å². The number of aliphatic hydroxyl groups excluding tert-OH is 1. The van der Waals surface area contributed by atoms with Crippen LogP contribution in [0.15, 0.2) is 59.8 Å². The number of aliphatic hydroxyl groups is 1. The van der Waals surface area contributed by atoms with Crippen LogP contribution < -0.4 is 14.8 Å². The summed E-state index contributed by atoms with van der Waals surface area (Å²) in [5, 5.41) is 13.8. The number of halogens is 1. The summed E-state index contributed by atoms with van der Waals surface area (Å²) in [6.45, 7) is 1.68. The molecule has 0 fully saturated rings. The Morgan fingerprint density at radius 1 is 1.16 bits per heavy atom. The molecule has 5 rings (SSSR count). The number of amides is 1. The van der Waals surface area contributed by atoms with Crippen LogP contribution in [-0.2, 0) is 17.8 Å². The van der Waals surface area contributed by atoms with E-state index in [0.717, 1.165) is 11.1 Å². The standard InChI is InChI=1S/C27H23ClN4O4S/c1-15-24-18(16(13-33)12-29-15)11-19-26(36-24)31-25(17-7-3-6-10-22(17)35-2)32-27(19)37-14-23(34)30-21-9-5-4-8-20(21)28/h3-10,12,33H,11,13-14H2,1-2H3,(H,30,34). The van der Waals surface area contributed by atoms with E-state index in [4.69, 9.17) is 31.0 Å². The SMILES string of the molecule is COc1ccccc1-c1nc2c(c(SCC(=O)Nc3ccccc3Cl)n1)Cc1c(CO)cnc(C)c1O2. The highest BCUT2D eigenvalue weighted by Crippen LogP contribution is 2.43. The number of fused-ring (bicyclic) bond motifs is 2. The van der Waals surface area contributed by atoms with Crippen LogP contribution >= 0.6 is 23.4 Å². The van der Waals surface area contributed by atoms with Gasteiger partial charge in [0, 0.05) is 23.7 Å². The molecule has 0 saturated heterocycles. The smallest absolute Gasteiger partial charge is 0.234 e. The fourth-order valence-corrected chi connectivity index (χ4v) is 5.05. The number of methoxy groups -OCH3 is 1. The Hall–Kier alpha value is -3.66. The first-order valence-corrected chi connectivity index (χ1v) is 12.8. The quantitative estimate of drug-likeness (QED) is 0.210. The van der Waals surface area contributed by atoms with Gasteiger partial charge in [-0.1, -0.05) is 47.6 Å². The lowest BCUT2D eigenvalue weighted by atomic mass is 9.99. The van der Waals surface area contributed by atoms with Gasteiger partial charge in [0.1, 0.15) is 10.8 Å². The Morgan fingerprint density at radius 3 is 2.73 bits per heavy atom. The third kappa shape index (κ3) is 5.11. The Morgan fingerprint density at radius 2 is 1.95 bits per heavy atom. The highest BCUT2D eigenvalue weighted by atomic mass is 35.5. The zero-order valence-electron chi connectivity index (χ0n) is 20.1. The van der Waals surface area contributed by atoms with Crippen molar-refractivity contribution in [2.75, 3.05) is 18.2 Å². The van der Waals surface area contributed by atoms with Crippen LogP contribution in [0, 0.1) is 6.92 Å². The molecular formula is C27H23ClN4O4S. The summed E-state index contributed by atoms with van der Waals surface area (Å²) >= 11 is 7.47. The van der Waals surface area contributed by atoms with E-state index < -0.39 is 0 Å². The van der Waals surface area contributed by atoms with Gasteiger partial charge in [-0.3, -0.25) is 9.78 Å². The maximum absolute atomic E-state index is 12.8. The number of carbonyl (C=O) groups excluding carboxylic acids is 1. The number of nitrogens with one attached hydrogen (secondary N) is 1. The normalized spacial score (nSPS) is 11.8. The number of thioether (sulfide) groups is 1. The molecule has 0 spiro atoms. The van der Waals surface area contributed by atoms with Crippen molar-refractivity contribution in [3.8, 4) is 28.8 Å². The number of benzene rings is 2. The maximum Gasteiger partial charge on any atom is 0.234 e. The number of anilines is 1. The minimum atomic E-state index is -0.225. The van der Waals surface area contributed by atoms with Crippen molar-refractivity contribution in [1.82, 2.24) is 15.0 Å². The minimum Gasteiger partial charge on any atom is -0.496 e. The average Bonchev–Trinajstić information content (AvgIpc) is 2.92. The van der Waals surface area contributed by atoms with Gasteiger partial charge < -0.3 is 19.9 Å². The zero-order valence-corrected chi connectivity index (χ0v) is 21.7. The number of carbonyl (C=O) groups is 1. The summed E-state index contributed by atoms with van der Waals surface area (Å²) in [4.78, 5) is 26.7. The number of pyridine rings is 1. The number of hydrogen-bond donors (Lipinski definition) is 2. The van der Waals surface area contributed by atoms with E-state index in [9.17, 15) is 9.90 Å². The molecule has 1 amide bonds. The van der Waals surface area contributed by atoms with Crippen molar-refractivity contribution in [3.05, 3.63) is 82.1 Å². The molecule has 10 heteroatoms. The molecular weight excluding hydrogens is 512 g/mol. The van der Waals surface area contributed by atoms with Crippen LogP contribution in [0.1, 0.15) is 22.4 Å². The average molecular weight is 535 g/mol. The van der Waals surface area contributed by atoms with Gasteiger partial charge in [0.15, 0.2) is 11.6 Å². The Labute approximate surface area is 223 Å². The Balaban J connectivity index is 1.52. The molecule has 0 radical (unpaired) electrons. The van der Waals surface area contributed by atoms with Crippen LogP contribution in [0.25, 0.3) is 11.4 Å². The molecule has 0 unspecified atom stereocenters. The van der Waals surface area contributed by atoms with Crippen molar-refractivity contribution in [2.24, 2.45) is 0 Å². The monoisotopic (exact) mass is 534 g/mol. The first-order valence-electron chi connectivity index (χ1n) is 11.5. The lowest BCUT2D eigenvalue weighted by Crippen LogP contribution is -2.16. The molecule has 0 saturated carbocycles. The lowest BCUT2D eigenvalue weighted by Gasteiger charge is -2.24.